The van der Waals surface area contributed by atoms with Crippen molar-refractivity contribution in [3.8, 4) is 0 Å². The summed E-state index contributed by atoms with van der Waals surface area (Å²) in [6, 6.07) is 0. The van der Waals surface area contributed by atoms with Crippen LogP contribution in [0.3, 0.4) is 0 Å². The zero-order chi connectivity index (χ0) is 9.26. The minimum Gasteiger partial charge on any atom is -0.281 e. The highest BCUT2D eigenvalue weighted by atomic mass is 79.9. The molecular formula is C7H9BrN4O. The van der Waals surface area contributed by atoms with E-state index < -0.39 is 0 Å². The number of anilines is 1. The van der Waals surface area contributed by atoms with E-state index in [-0.39, 0.29) is 5.91 Å². The first kappa shape index (κ1) is 8.68. The minimum atomic E-state index is 0.112. The number of hydrogen-bond donors (Lipinski definition) is 1. The summed E-state index contributed by atoms with van der Waals surface area (Å²) in [5, 5.41) is 7.24. The lowest BCUT2D eigenvalue weighted by atomic mass is 10.2. The second-order valence-corrected chi connectivity index (χ2v) is 3.69. The molecule has 5 nitrogen and oxygen atoms in total. The molecule has 13 heavy (non-hydrogen) atoms. The van der Waals surface area contributed by atoms with Crippen molar-refractivity contribution in [2.24, 2.45) is 5.92 Å². The lowest BCUT2D eigenvalue weighted by molar-refractivity contribution is -0.117. The first-order valence-electron chi connectivity index (χ1n) is 4.03. The van der Waals surface area contributed by atoms with Gasteiger partial charge in [-0.3, -0.25) is 9.69 Å². The summed E-state index contributed by atoms with van der Waals surface area (Å²) < 4.78 is 0. The van der Waals surface area contributed by atoms with Crippen molar-refractivity contribution in [1.82, 2.24) is 15.2 Å². The van der Waals surface area contributed by atoms with Gasteiger partial charge >= 0.3 is 0 Å². The predicted octanol–water partition coefficient (Wildman–Crippen LogP) is 0.552. The number of carbonyl (C=O) groups excluding carboxylic acids is 1. The van der Waals surface area contributed by atoms with Gasteiger partial charge in [-0.15, -0.1) is 0 Å². The fraction of sp³-hybridized carbons (Fsp3) is 0.571. The van der Waals surface area contributed by atoms with E-state index in [0.717, 1.165) is 11.9 Å². The van der Waals surface area contributed by atoms with Crippen molar-refractivity contribution in [3.05, 3.63) is 6.33 Å². The molecular weight excluding hydrogens is 236 g/mol. The second kappa shape index (κ2) is 3.45. The summed E-state index contributed by atoms with van der Waals surface area (Å²) >= 11 is 3.37. The minimum absolute atomic E-state index is 0.112. The molecule has 1 aromatic heterocycles. The van der Waals surface area contributed by atoms with Gasteiger partial charge in [0.15, 0.2) is 0 Å². The quantitative estimate of drug-likeness (QED) is 0.774. The van der Waals surface area contributed by atoms with E-state index in [1.165, 1.54) is 6.33 Å². The molecule has 0 saturated carbocycles. The zero-order valence-electron chi connectivity index (χ0n) is 6.90. The average molecular weight is 245 g/mol. The van der Waals surface area contributed by atoms with Gasteiger partial charge in [-0.1, -0.05) is 15.9 Å². The largest absolute Gasteiger partial charge is 0.281 e. The molecule has 70 valence electrons. The van der Waals surface area contributed by atoms with Crippen LogP contribution >= 0.6 is 15.9 Å². The molecule has 1 unspecified atom stereocenters. The first-order valence-corrected chi connectivity index (χ1v) is 5.15. The number of alkyl halides is 1. The molecule has 6 heteroatoms. The molecule has 1 aromatic rings. The molecule has 1 fully saturated rings. The summed E-state index contributed by atoms with van der Waals surface area (Å²) in [5.74, 6) is 1.05. The normalized spacial score (nSPS) is 22.7. The summed E-state index contributed by atoms with van der Waals surface area (Å²) in [6.45, 7) is 0.722. The number of H-pyrrole nitrogens is 1. The number of aromatic amines is 1. The molecule has 0 radical (unpaired) electrons. The highest BCUT2D eigenvalue weighted by Gasteiger charge is 2.31. The van der Waals surface area contributed by atoms with E-state index >= 15 is 0 Å². The van der Waals surface area contributed by atoms with Crippen LogP contribution in [0.25, 0.3) is 0 Å². The lowest BCUT2D eigenvalue weighted by Gasteiger charge is -2.10. The molecule has 1 amide bonds. The molecule has 1 atom stereocenters. The Balaban J connectivity index is 2.14. The van der Waals surface area contributed by atoms with Crippen LogP contribution < -0.4 is 4.90 Å². The van der Waals surface area contributed by atoms with Gasteiger partial charge in [-0.25, -0.2) is 5.10 Å². The summed E-state index contributed by atoms with van der Waals surface area (Å²) in [5.41, 5.74) is 0. The van der Waals surface area contributed by atoms with E-state index in [4.69, 9.17) is 0 Å². The number of aromatic nitrogens is 3. The Bertz CT molecular complexity index is 299. The maximum absolute atomic E-state index is 11.5. The molecule has 2 heterocycles. The topological polar surface area (TPSA) is 61.9 Å². The third-order valence-electron chi connectivity index (χ3n) is 2.08. The molecule has 1 aliphatic heterocycles. The van der Waals surface area contributed by atoms with Gasteiger partial charge in [0.2, 0.25) is 11.9 Å². The smallest absolute Gasteiger partial charge is 0.229 e. The fourth-order valence-electron chi connectivity index (χ4n) is 1.42. The fourth-order valence-corrected chi connectivity index (χ4v) is 1.85. The van der Waals surface area contributed by atoms with Crippen LogP contribution in [0.5, 0.6) is 0 Å². The van der Waals surface area contributed by atoms with Crippen molar-refractivity contribution in [2.45, 2.75) is 6.42 Å². The number of amides is 1. The van der Waals surface area contributed by atoms with Crippen molar-refractivity contribution in [3.63, 3.8) is 0 Å². The van der Waals surface area contributed by atoms with Gasteiger partial charge < -0.3 is 0 Å². The molecule has 1 N–H and O–H groups in total. The van der Waals surface area contributed by atoms with E-state index in [1.54, 1.807) is 4.90 Å². The molecule has 0 aromatic carbocycles. The van der Waals surface area contributed by atoms with Crippen LogP contribution in [-0.4, -0.2) is 33.0 Å². The molecule has 2 rings (SSSR count). The van der Waals surface area contributed by atoms with Gasteiger partial charge in [-0.2, -0.15) is 10.1 Å². The van der Waals surface area contributed by atoms with Crippen LogP contribution in [0.15, 0.2) is 6.33 Å². The molecule has 0 bridgehead atoms. The number of hydrogen-bond acceptors (Lipinski definition) is 3. The van der Waals surface area contributed by atoms with Crippen LogP contribution in [0.4, 0.5) is 5.95 Å². The Morgan fingerprint density at radius 3 is 3.15 bits per heavy atom. The second-order valence-electron chi connectivity index (χ2n) is 3.04. The zero-order valence-corrected chi connectivity index (χ0v) is 8.49. The van der Waals surface area contributed by atoms with E-state index in [0.29, 0.717) is 18.3 Å². The number of nitrogens with one attached hydrogen (secondary N) is 1. The van der Waals surface area contributed by atoms with E-state index in [1.807, 2.05) is 0 Å². The van der Waals surface area contributed by atoms with E-state index in [2.05, 4.69) is 31.1 Å². The van der Waals surface area contributed by atoms with Gasteiger partial charge in [0, 0.05) is 18.3 Å². The Morgan fingerprint density at radius 2 is 2.62 bits per heavy atom. The lowest BCUT2D eigenvalue weighted by Crippen LogP contribution is -2.25. The standard InChI is InChI=1S/C7H9BrN4O/c8-2-5-1-6(13)12(3-5)7-9-4-10-11-7/h4-5H,1-3H2,(H,9,10,11). The van der Waals surface area contributed by atoms with Gasteiger partial charge in [0.1, 0.15) is 6.33 Å². The summed E-state index contributed by atoms with van der Waals surface area (Å²) in [7, 11) is 0. The molecule has 0 aliphatic carbocycles. The Kier molecular flexibility index (Phi) is 2.30. The number of halogens is 1. The molecule has 1 aliphatic rings. The van der Waals surface area contributed by atoms with Crippen molar-refractivity contribution in [1.29, 1.82) is 0 Å². The van der Waals surface area contributed by atoms with Crippen LogP contribution in [-0.2, 0) is 4.79 Å². The highest BCUT2D eigenvalue weighted by molar-refractivity contribution is 9.09. The maximum atomic E-state index is 11.5. The highest BCUT2D eigenvalue weighted by Crippen LogP contribution is 2.22. The Labute approximate surface area is 83.7 Å². The Morgan fingerprint density at radius 1 is 1.77 bits per heavy atom. The maximum Gasteiger partial charge on any atom is 0.229 e. The number of carbonyl (C=O) groups is 1. The average Bonchev–Trinajstić information content (AvgIpc) is 2.72. The van der Waals surface area contributed by atoms with Gasteiger partial charge in [0.05, 0.1) is 0 Å². The van der Waals surface area contributed by atoms with Crippen molar-refractivity contribution in [2.75, 3.05) is 16.8 Å². The van der Waals surface area contributed by atoms with Gasteiger partial charge in [0.25, 0.3) is 0 Å². The summed E-state index contributed by atoms with van der Waals surface area (Å²) in [6.07, 6.45) is 2.00. The predicted molar refractivity (Wildman–Crippen MR) is 50.6 cm³/mol. The van der Waals surface area contributed by atoms with Crippen molar-refractivity contribution < 1.29 is 4.79 Å². The van der Waals surface area contributed by atoms with E-state index in [9.17, 15) is 4.79 Å². The van der Waals surface area contributed by atoms with Gasteiger partial charge in [-0.05, 0) is 5.92 Å². The Hall–Kier alpha value is -0.910. The SMILES string of the molecule is O=C1CC(CBr)CN1c1ncn[nH]1. The summed E-state index contributed by atoms with van der Waals surface area (Å²) in [4.78, 5) is 17.0. The third-order valence-corrected chi connectivity index (χ3v) is 3.00. The van der Waals surface area contributed by atoms with Crippen LogP contribution in [0, 0.1) is 5.92 Å². The third kappa shape index (κ3) is 1.58. The molecule has 1 saturated heterocycles. The first-order chi connectivity index (χ1) is 6.31. The number of rotatable bonds is 2. The van der Waals surface area contributed by atoms with Crippen LogP contribution in [0.1, 0.15) is 6.42 Å². The van der Waals surface area contributed by atoms with Crippen molar-refractivity contribution >= 4 is 27.8 Å². The monoisotopic (exact) mass is 244 g/mol. The number of nitrogens with zero attached hydrogens (tertiary/aromatic N) is 3. The molecule has 0 spiro atoms. The van der Waals surface area contributed by atoms with Crippen LogP contribution in [0.2, 0.25) is 0 Å².